The maximum Gasteiger partial charge on any atom is 0.254 e. The van der Waals surface area contributed by atoms with Crippen LogP contribution >= 0.6 is 22.9 Å². The van der Waals surface area contributed by atoms with Crippen LogP contribution < -0.4 is 0 Å². The topological polar surface area (TPSA) is 40.6 Å². The summed E-state index contributed by atoms with van der Waals surface area (Å²) >= 11 is 7.70. The van der Waals surface area contributed by atoms with E-state index in [1.165, 1.54) is 4.88 Å². The fraction of sp³-hybridized carbons (Fsp3) is 0.368. The first-order valence-corrected chi connectivity index (χ1v) is 9.76. The molecule has 0 N–H and O–H groups in total. The van der Waals surface area contributed by atoms with Crippen molar-refractivity contribution in [3.8, 4) is 0 Å². The predicted molar refractivity (Wildman–Crippen MR) is 99.1 cm³/mol. The summed E-state index contributed by atoms with van der Waals surface area (Å²) in [4.78, 5) is 30.2. The first-order valence-electron chi connectivity index (χ1n) is 8.50. The van der Waals surface area contributed by atoms with Crippen LogP contribution in [0.3, 0.4) is 0 Å². The Morgan fingerprint density at radius 1 is 1.04 bits per heavy atom. The summed E-state index contributed by atoms with van der Waals surface area (Å²) in [6.45, 7) is 2.37. The molecule has 4 nitrogen and oxygen atoms in total. The van der Waals surface area contributed by atoms with Gasteiger partial charge in [0, 0.05) is 53.5 Å². The number of amides is 2. The van der Waals surface area contributed by atoms with Crippen LogP contribution in [0.1, 0.15) is 27.6 Å². The summed E-state index contributed by atoms with van der Waals surface area (Å²) in [6, 6.07) is 11.2. The molecule has 0 radical (unpaired) electrons. The van der Waals surface area contributed by atoms with Crippen LogP contribution in [-0.2, 0) is 4.79 Å². The molecule has 1 aromatic carbocycles. The van der Waals surface area contributed by atoms with E-state index in [-0.39, 0.29) is 17.7 Å². The van der Waals surface area contributed by atoms with Gasteiger partial charge in [-0.2, -0.15) is 0 Å². The Labute approximate surface area is 156 Å². The van der Waals surface area contributed by atoms with Crippen LogP contribution in [0, 0.1) is 5.92 Å². The lowest BCUT2D eigenvalue weighted by Gasteiger charge is -2.35. The Hall–Kier alpha value is -1.85. The molecule has 6 heteroatoms. The van der Waals surface area contributed by atoms with Crippen molar-refractivity contribution >= 4 is 34.8 Å². The van der Waals surface area contributed by atoms with Gasteiger partial charge in [-0.05, 0) is 36.1 Å². The molecule has 1 saturated heterocycles. The molecule has 1 aromatic heterocycles. The normalized spacial score (nSPS) is 22.8. The third kappa shape index (κ3) is 3.44. The van der Waals surface area contributed by atoms with Gasteiger partial charge in [0.05, 0.1) is 0 Å². The average molecular weight is 375 g/mol. The van der Waals surface area contributed by atoms with E-state index in [1.807, 2.05) is 11.0 Å². The summed E-state index contributed by atoms with van der Waals surface area (Å²) in [5, 5.41) is 2.63. The third-order valence-corrected chi connectivity index (χ3v) is 6.21. The summed E-state index contributed by atoms with van der Waals surface area (Å²) in [6.07, 6.45) is 0.959. The summed E-state index contributed by atoms with van der Waals surface area (Å²) in [7, 11) is 0. The second-order valence-electron chi connectivity index (χ2n) is 6.59. The highest BCUT2D eigenvalue weighted by molar-refractivity contribution is 7.10. The zero-order valence-electron chi connectivity index (χ0n) is 13.7. The van der Waals surface area contributed by atoms with Crippen molar-refractivity contribution < 1.29 is 9.59 Å². The zero-order chi connectivity index (χ0) is 17.4. The molecule has 2 aliphatic rings. The Bertz CT molecular complexity index is 784. The van der Waals surface area contributed by atoms with Gasteiger partial charge in [0.25, 0.3) is 5.91 Å². The van der Waals surface area contributed by atoms with Crippen LogP contribution in [0.2, 0.25) is 5.02 Å². The van der Waals surface area contributed by atoms with Crippen molar-refractivity contribution in [3.63, 3.8) is 0 Å². The number of hydrogen-bond donors (Lipinski definition) is 0. The van der Waals surface area contributed by atoms with Gasteiger partial charge in [-0.3, -0.25) is 9.59 Å². The van der Waals surface area contributed by atoms with Crippen LogP contribution in [0.25, 0.3) is 0 Å². The molecule has 2 aromatic rings. The minimum Gasteiger partial charge on any atom is -0.339 e. The van der Waals surface area contributed by atoms with Crippen molar-refractivity contribution in [2.45, 2.75) is 12.3 Å². The molecule has 1 saturated carbocycles. The first kappa shape index (κ1) is 16.6. The molecule has 2 heterocycles. The number of rotatable bonds is 3. The molecule has 4 rings (SSSR count). The lowest BCUT2D eigenvalue weighted by molar-refractivity contribution is -0.134. The van der Waals surface area contributed by atoms with E-state index in [2.05, 4.69) is 11.4 Å². The average Bonchev–Trinajstić information content (AvgIpc) is 3.25. The Morgan fingerprint density at radius 2 is 1.80 bits per heavy atom. The van der Waals surface area contributed by atoms with Gasteiger partial charge in [0.1, 0.15) is 0 Å². The van der Waals surface area contributed by atoms with Gasteiger partial charge in [-0.15, -0.1) is 11.3 Å². The molecule has 0 spiro atoms. The van der Waals surface area contributed by atoms with Gasteiger partial charge in [-0.25, -0.2) is 0 Å². The van der Waals surface area contributed by atoms with Crippen molar-refractivity contribution in [2.24, 2.45) is 5.92 Å². The van der Waals surface area contributed by atoms with E-state index in [0.29, 0.717) is 42.7 Å². The minimum absolute atomic E-state index is 0.0162. The molecular weight excluding hydrogens is 356 g/mol. The molecule has 1 aliphatic heterocycles. The van der Waals surface area contributed by atoms with E-state index >= 15 is 0 Å². The standard InChI is InChI=1S/C19H19ClN2O2S/c20-14-4-1-3-13(11-14)18(23)21-6-8-22(9-7-21)19(24)16-12-15(16)17-5-2-10-25-17/h1-5,10-11,15-16H,6-9,12H2. The van der Waals surface area contributed by atoms with Gasteiger partial charge in [0.15, 0.2) is 0 Å². The van der Waals surface area contributed by atoms with E-state index in [4.69, 9.17) is 11.6 Å². The van der Waals surface area contributed by atoms with Gasteiger partial charge < -0.3 is 9.80 Å². The van der Waals surface area contributed by atoms with Crippen molar-refractivity contribution in [2.75, 3.05) is 26.2 Å². The summed E-state index contributed by atoms with van der Waals surface area (Å²) in [5.41, 5.74) is 0.604. The number of benzene rings is 1. The molecular formula is C19H19ClN2O2S. The molecule has 2 fully saturated rings. The second-order valence-corrected chi connectivity index (χ2v) is 8.01. The van der Waals surface area contributed by atoms with Gasteiger partial charge >= 0.3 is 0 Å². The minimum atomic E-state index is -0.0162. The van der Waals surface area contributed by atoms with Gasteiger partial charge in [-0.1, -0.05) is 23.7 Å². The first-order chi connectivity index (χ1) is 12.1. The SMILES string of the molecule is O=C(c1cccc(Cl)c1)N1CCN(C(=O)C2CC2c2cccs2)CC1. The molecule has 130 valence electrons. The Morgan fingerprint density at radius 3 is 2.48 bits per heavy atom. The summed E-state index contributed by atoms with van der Waals surface area (Å²) < 4.78 is 0. The number of halogens is 1. The highest BCUT2D eigenvalue weighted by Crippen LogP contribution is 2.50. The van der Waals surface area contributed by atoms with E-state index in [9.17, 15) is 9.59 Å². The highest BCUT2D eigenvalue weighted by Gasteiger charge is 2.46. The highest BCUT2D eigenvalue weighted by atomic mass is 35.5. The lowest BCUT2D eigenvalue weighted by atomic mass is 10.1. The van der Waals surface area contributed by atoms with Crippen LogP contribution in [0.5, 0.6) is 0 Å². The Balaban J connectivity index is 1.33. The van der Waals surface area contributed by atoms with Crippen LogP contribution in [-0.4, -0.2) is 47.8 Å². The predicted octanol–water partition coefficient (Wildman–Crippen LogP) is 3.49. The van der Waals surface area contributed by atoms with Crippen LogP contribution in [0.15, 0.2) is 41.8 Å². The van der Waals surface area contributed by atoms with Crippen molar-refractivity contribution in [1.82, 2.24) is 9.80 Å². The molecule has 25 heavy (non-hydrogen) atoms. The molecule has 2 unspecified atom stereocenters. The molecule has 2 amide bonds. The number of hydrogen-bond acceptors (Lipinski definition) is 3. The molecule has 2 atom stereocenters. The Kier molecular flexibility index (Phi) is 4.52. The number of thiophene rings is 1. The van der Waals surface area contributed by atoms with Crippen LogP contribution in [0.4, 0.5) is 0 Å². The van der Waals surface area contributed by atoms with Crippen molar-refractivity contribution in [3.05, 3.63) is 57.2 Å². The summed E-state index contributed by atoms with van der Waals surface area (Å²) in [5.74, 6) is 0.762. The number of nitrogens with zero attached hydrogens (tertiary/aromatic N) is 2. The lowest BCUT2D eigenvalue weighted by Crippen LogP contribution is -2.51. The maximum absolute atomic E-state index is 12.7. The number of carbonyl (C=O) groups is 2. The van der Waals surface area contributed by atoms with E-state index in [0.717, 1.165) is 6.42 Å². The smallest absolute Gasteiger partial charge is 0.254 e. The zero-order valence-corrected chi connectivity index (χ0v) is 15.3. The fourth-order valence-electron chi connectivity index (χ4n) is 3.45. The quantitative estimate of drug-likeness (QED) is 0.825. The fourth-order valence-corrected chi connectivity index (χ4v) is 4.55. The number of piperazine rings is 1. The second kappa shape index (κ2) is 6.81. The molecule has 0 bridgehead atoms. The van der Waals surface area contributed by atoms with Crippen molar-refractivity contribution in [1.29, 1.82) is 0 Å². The monoisotopic (exact) mass is 374 g/mol. The third-order valence-electron chi connectivity index (χ3n) is 4.97. The number of carbonyl (C=O) groups excluding carboxylic acids is 2. The van der Waals surface area contributed by atoms with Gasteiger partial charge in [0.2, 0.25) is 5.91 Å². The maximum atomic E-state index is 12.7. The van der Waals surface area contributed by atoms with E-state index < -0.39 is 0 Å². The van der Waals surface area contributed by atoms with E-state index in [1.54, 1.807) is 40.5 Å². The largest absolute Gasteiger partial charge is 0.339 e. The molecule has 1 aliphatic carbocycles.